The Labute approximate surface area is 98.5 Å². The first-order valence-corrected chi connectivity index (χ1v) is 5.70. The van der Waals surface area contributed by atoms with Crippen molar-refractivity contribution < 1.29 is 0 Å². The van der Waals surface area contributed by atoms with Gasteiger partial charge in [-0.05, 0) is 45.0 Å². The van der Waals surface area contributed by atoms with Gasteiger partial charge in [0.1, 0.15) is 0 Å². The van der Waals surface area contributed by atoms with Gasteiger partial charge in [-0.2, -0.15) is 5.26 Å². The monoisotopic (exact) mass is 216 g/mol. The number of rotatable bonds is 4. The summed E-state index contributed by atoms with van der Waals surface area (Å²) in [4.78, 5) is 2.32. The second kappa shape index (κ2) is 5.14. The summed E-state index contributed by atoms with van der Waals surface area (Å²) in [6.07, 6.45) is 1.11. The van der Waals surface area contributed by atoms with E-state index in [0.717, 1.165) is 18.5 Å². The van der Waals surface area contributed by atoms with Gasteiger partial charge in [0.25, 0.3) is 0 Å². The van der Waals surface area contributed by atoms with Crippen LogP contribution in [0.1, 0.15) is 38.3 Å². The van der Waals surface area contributed by atoms with E-state index >= 15 is 0 Å². The average Bonchev–Trinajstić information content (AvgIpc) is 2.29. The lowest BCUT2D eigenvalue weighted by molar-refractivity contribution is 0.143. The minimum absolute atomic E-state index is 0.197. The Morgan fingerprint density at radius 2 is 2.06 bits per heavy atom. The second-order valence-electron chi connectivity index (χ2n) is 4.83. The Bertz CT molecular complexity index is 388. The molecule has 0 aliphatic rings. The molecular formula is C14H20N2. The van der Waals surface area contributed by atoms with Gasteiger partial charge in [0.15, 0.2) is 0 Å². The van der Waals surface area contributed by atoms with Crippen molar-refractivity contribution in [2.24, 2.45) is 0 Å². The van der Waals surface area contributed by atoms with Crippen molar-refractivity contribution >= 4 is 0 Å². The lowest BCUT2D eigenvalue weighted by atomic mass is 9.99. The van der Waals surface area contributed by atoms with Crippen LogP contribution >= 0.6 is 0 Å². The van der Waals surface area contributed by atoms with E-state index in [1.54, 1.807) is 0 Å². The van der Waals surface area contributed by atoms with Crippen LogP contribution in [0.3, 0.4) is 0 Å². The Balaban J connectivity index is 2.77. The van der Waals surface area contributed by atoms with Crippen LogP contribution in [0.2, 0.25) is 0 Å². The van der Waals surface area contributed by atoms with Crippen LogP contribution in [-0.2, 0) is 6.54 Å². The molecule has 0 radical (unpaired) electrons. The molecule has 0 bridgehead atoms. The Morgan fingerprint density at radius 3 is 2.62 bits per heavy atom. The van der Waals surface area contributed by atoms with Crippen LogP contribution in [0.15, 0.2) is 24.3 Å². The Kier molecular flexibility index (Phi) is 4.09. The summed E-state index contributed by atoms with van der Waals surface area (Å²) in [6, 6.07) is 9.99. The third-order valence-corrected chi connectivity index (χ3v) is 3.37. The molecular weight excluding hydrogens is 196 g/mol. The third-order valence-electron chi connectivity index (χ3n) is 3.37. The van der Waals surface area contributed by atoms with E-state index in [0.29, 0.717) is 0 Å². The molecule has 0 N–H and O–H groups in total. The zero-order chi connectivity index (χ0) is 12.2. The highest BCUT2D eigenvalue weighted by molar-refractivity contribution is 5.32. The van der Waals surface area contributed by atoms with E-state index in [9.17, 15) is 0 Å². The van der Waals surface area contributed by atoms with Gasteiger partial charge in [-0.15, -0.1) is 0 Å². The average molecular weight is 216 g/mol. The first-order chi connectivity index (χ1) is 7.49. The second-order valence-corrected chi connectivity index (χ2v) is 4.83. The van der Waals surface area contributed by atoms with E-state index in [1.807, 2.05) is 18.2 Å². The summed E-state index contributed by atoms with van der Waals surface area (Å²) in [5, 5.41) is 8.84. The van der Waals surface area contributed by atoms with Gasteiger partial charge < -0.3 is 0 Å². The molecule has 0 aliphatic carbocycles. The minimum atomic E-state index is 0.197. The van der Waals surface area contributed by atoms with Crippen LogP contribution in [0.25, 0.3) is 0 Å². The van der Waals surface area contributed by atoms with Gasteiger partial charge in [0.2, 0.25) is 0 Å². The molecule has 0 spiro atoms. The first kappa shape index (κ1) is 12.7. The number of hydrogen-bond acceptors (Lipinski definition) is 2. The molecule has 86 valence electrons. The topological polar surface area (TPSA) is 27.0 Å². The van der Waals surface area contributed by atoms with Gasteiger partial charge in [-0.1, -0.05) is 19.1 Å². The lowest BCUT2D eigenvalue weighted by Crippen LogP contribution is -2.39. The third kappa shape index (κ3) is 3.08. The van der Waals surface area contributed by atoms with E-state index in [4.69, 9.17) is 5.26 Å². The molecule has 2 heteroatoms. The van der Waals surface area contributed by atoms with E-state index in [2.05, 4.69) is 44.9 Å². The molecule has 1 aromatic rings. The number of nitriles is 1. The highest BCUT2D eigenvalue weighted by Gasteiger charge is 2.20. The van der Waals surface area contributed by atoms with E-state index in [-0.39, 0.29) is 5.54 Å². The SMILES string of the molecule is CCC(C)(C)N(C)Cc1cccc(C#N)c1. The maximum absolute atomic E-state index is 8.84. The fraction of sp³-hybridized carbons (Fsp3) is 0.500. The molecule has 0 heterocycles. The molecule has 0 saturated carbocycles. The maximum Gasteiger partial charge on any atom is 0.0991 e. The highest BCUT2D eigenvalue weighted by atomic mass is 15.2. The number of benzene rings is 1. The van der Waals surface area contributed by atoms with E-state index < -0.39 is 0 Å². The van der Waals surface area contributed by atoms with Crippen molar-refractivity contribution in [2.45, 2.75) is 39.3 Å². The predicted molar refractivity (Wildman–Crippen MR) is 67.0 cm³/mol. The molecule has 1 rings (SSSR count). The predicted octanol–water partition coefficient (Wildman–Crippen LogP) is 3.18. The number of hydrogen-bond donors (Lipinski definition) is 0. The molecule has 2 nitrogen and oxygen atoms in total. The summed E-state index contributed by atoms with van der Waals surface area (Å²) >= 11 is 0. The van der Waals surface area contributed by atoms with Gasteiger partial charge in [0, 0.05) is 12.1 Å². The van der Waals surface area contributed by atoms with Gasteiger partial charge in [-0.25, -0.2) is 0 Å². The minimum Gasteiger partial charge on any atom is -0.297 e. The van der Waals surface area contributed by atoms with Gasteiger partial charge in [-0.3, -0.25) is 4.90 Å². The van der Waals surface area contributed by atoms with Crippen molar-refractivity contribution in [1.29, 1.82) is 5.26 Å². The fourth-order valence-corrected chi connectivity index (χ4v) is 1.50. The van der Waals surface area contributed by atoms with Crippen molar-refractivity contribution in [3.05, 3.63) is 35.4 Å². The van der Waals surface area contributed by atoms with Crippen LogP contribution in [0.5, 0.6) is 0 Å². The standard InChI is InChI=1S/C14H20N2/c1-5-14(2,3)16(4)11-13-8-6-7-12(9-13)10-15/h6-9H,5,11H2,1-4H3. The molecule has 16 heavy (non-hydrogen) atoms. The van der Waals surface area contributed by atoms with Gasteiger partial charge >= 0.3 is 0 Å². The van der Waals surface area contributed by atoms with Crippen molar-refractivity contribution in [2.75, 3.05) is 7.05 Å². The van der Waals surface area contributed by atoms with Crippen LogP contribution in [0, 0.1) is 11.3 Å². The molecule has 0 fully saturated rings. The number of nitrogens with zero attached hydrogens (tertiary/aromatic N) is 2. The normalized spacial score (nSPS) is 11.5. The van der Waals surface area contributed by atoms with E-state index in [1.165, 1.54) is 5.56 Å². The molecule has 0 amide bonds. The van der Waals surface area contributed by atoms with Crippen LogP contribution in [0.4, 0.5) is 0 Å². The zero-order valence-electron chi connectivity index (χ0n) is 10.6. The first-order valence-electron chi connectivity index (χ1n) is 5.70. The summed E-state index contributed by atoms with van der Waals surface area (Å²) in [5.41, 5.74) is 2.13. The fourth-order valence-electron chi connectivity index (χ4n) is 1.50. The molecule has 0 saturated heterocycles. The molecule has 0 unspecified atom stereocenters. The Hall–Kier alpha value is -1.33. The summed E-state index contributed by atoms with van der Waals surface area (Å²) in [7, 11) is 2.13. The lowest BCUT2D eigenvalue weighted by Gasteiger charge is -2.34. The molecule has 0 atom stereocenters. The van der Waals surface area contributed by atoms with Crippen LogP contribution in [-0.4, -0.2) is 17.5 Å². The summed E-state index contributed by atoms with van der Waals surface area (Å²) in [5.74, 6) is 0. The zero-order valence-corrected chi connectivity index (χ0v) is 10.6. The van der Waals surface area contributed by atoms with Crippen molar-refractivity contribution in [3.8, 4) is 6.07 Å². The maximum atomic E-state index is 8.84. The summed E-state index contributed by atoms with van der Waals surface area (Å²) in [6.45, 7) is 7.56. The highest BCUT2D eigenvalue weighted by Crippen LogP contribution is 2.19. The summed E-state index contributed by atoms with van der Waals surface area (Å²) < 4.78 is 0. The largest absolute Gasteiger partial charge is 0.297 e. The molecule has 0 aliphatic heterocycles. The van der Waals surface area contributed by atoms with Crippen LogP contribution < -0.4 is 0 Å². The van der Waals surface area contributed by atoms with Gasteiger partial charge in [0.05, 0.1) is 11.6 Å². The quantitative estimate of drug-likeness (QED) is 0.773. The van der Waals surface area contributed by atoms with Crippen molar-refractivity contribution in [1.82, 2.24) is 4.90 Å². The smallest absolute Gasteiger partial charge is 0.0991 e. The van der Waals surface area contributed by atoms with Crippen molar-refractivity contribution in [3.63, 3.8) is 0 Å². The molecule has 0 aromatic heterocycles. The molecule has 1 aromatic carbocycles. The Morgan fingerprint density at radius 1 is 1.38 bits per heavy atom.